The van der Waals surface area contributed by atoms with Crippen LogP contribution in [0.4, 0.5) is 0 Å². The second kappa shape index (κ2) is 2.96. The SMILES string of the molecule is OC1(C2=CCCCC2)CC2C=CC1C2. The predicted molar refractivity (Wildman–Crippen MR) is 56.9 cm³/mol. The van der Waals surface area contributed by atoms with Gasteiger partial charge in [0.15, 0.2) is 0 Å². The predicted octanol–water partition coefficient (Wildman–Crippen LogP) is 2.81. The highest BCUT2D eigenvalue weighted by Gasteiger charge is 2.48. The van der Waals surface area contributed by atoms with E-state index in [1.807, 2.05) is 0 Å². The molecule has 0 aromatic rings. The molecule has 1 saturated carbocycles. The highest BCUT2D eigenvalue weighted by Crippen LogP contribution is 2.51. The molecule has 0 aliphatic heterocycles. The number of hydrogen-bond acceptors (Lipinski definition) is 1. The summed E-state index contributed by atoms with van der Waals surface area (Å²) in [6, 6.07) is 0. The minimum atomic E-state index is -0.445. The lowest BCUT2D eigenvalue weighted by atomic mass is 9.77. The molecule has 3 aliphatic carbocycles. The fraction of sp³-hybridized carbons (Fsp3) is 0.692. The van der Waals surface area contributed by atoms with Crippen molar-refractivity contribution in [3.63, 3.8) is 0 Å². The van der Waals surface area contributed by atoms with Crippen LogP contribution in [0.2, 0.25) is 0 Å². The fourth-order valence-corrected chi connectivity index (χ4v) is 3.43. The maximum absolute atomic E-state index is 10.7. The van der Waals surface area contributed by atoms with E-state index in [4.69, 9.17) is 0 Å². The first-order valence-electron chi connectivity index (χ1n) is 5.89. The summed E-state index contributed by atoms with van der Waals surface area (Å²) in [4.78, 5) is 0. The summed E-state index contributed by atoms with van der Waals surface area (Å²) in [5.74, 6) is 1.09. The molecule has 76 valence electrons. The van der Waals surface area contributed by atoms with Crippen molar-refractivity contribution in [2.24, 2.45) is 11.8 Å². The minimum Gasteiger partial charge on any atom is -0.385 e. The molecule has 0 heterocycles. The van der Waals surface area contributed by atoms with Crippen LogP contribution in [0.3, 0.4) is 0 Å². The molecule has 0 saturated heterocycles. The van der Waals surface area contributed by atoms with Crippen molar-refractivity contribution in [2.45, 2.75) is 44.1 Å². The zero-order chi connectivity index (χ0) is 9.60. The van der Waals surface area contributed by atoms with Gasteiger partial charge in [-0.2, -0.15) is 0 Å². The minimum absolute atomic E-state index is 0.428. The lowest BCUT2D eigenvalue weighted by Crippen LogP contribution is -2.36. The highest BCUT2D eigenvalue weighted by molar-refractivity contribution is 5.30. The van der Waals surface area contributed by atoms with Crippen LogP contribution in [0.15, 0.2) is 23.8 Å². The van der Waals surface area contributed by atoms with Gasteiger partial charge in [-0.1, -0.05) is 18.2 Å². The number of fused-ring (bicyclic) bond motifs is 2. The Morgan fingerprint density at radius 3 is 2.79 bits per heavy atom. The van der Waals surface area contributed by atoms with Gasteiger partial charge in [0.05, 0.1) is 5.60 Å². The Bertz CT molecular complexity index is 302. The van der Waals surface area contributed by atoms with E-state index in [0.29, 0.717) is 11.8 Å². The second-order valence-electron chi connectivity index (χ2n) is 5.09. The normalized spacial score (nSPS) is 45.6. The molecular weight excluding hydrogens is 172 g/mol. The van der Waals surface area contributed by atoms with Gasteiger partial charge in [0, 0.05) is 5.92 Å². The van der Waals surface area contributed by atoms with Gasteiger partial charge in [-0.3, -0.25) is 0 Å². The summed E-state index contributed by atoms with van der Waals surface area (Å²) < 4.78 is 0. The van der Waals surface area contributed by atoms with E-state index in [-0.39, 0.29) is 0 Å². The van der Waals surface area contributed by atoms with E-state index in [9.17, 15) is 5.11 Å². The first kappa shape index (κ1) is 8.72. The number of allylic oxidation sites excluding steroid dienone is 2. The average molecular weight is 190 g/mol. The van der Waals surface area contributed by atoms with Crippen molar-refractivity contribution in [1.29, 1.82) is 0 Å². The van der Waals surface area contributed by atoms with Crippen LogP contribution < -0.4 is 0 Å². The molecule has 3 rings (SSSR count). The molecule has 0 aromatic heterocycles. The maximum Gasteiger partial charge on any atom is 0.0924 e. The van der Waals surface area contributed by atoms with Gasteiger partial charge >= 0.3 is 0 Å². The summed E-state index contributed by atoms with van der Waals surface area (Å²) in [5, 5.41) is 10.7. The lowest BCUT2D eigenvalue weighted by Gasteiger charge is -2.34. The van der Waals surface area contributed by atoms with Crippen LogP contribution in [0.5, 0.6) is 0 Å². The smallest absolute Gasteiger partial charge is 0.0924 e. The van der Waals surface area contributed by atoms with Crippen molar-refractivity contribution >= 4 is 0 Å². The Kier molecular flexibility index (Phi) is 1.85. The van der Waals surface area contributed by atoms with Crippen molar-refractivity contribution in [2.75, 3.05) is 0 Å². The summed E-state index contributed by atoms with van der Waals surface area (Å²) in [6.45, 7) is 0. The summed E-state index contributed by atoms with van der Waals surface area (Å²) in [5.41, 5.74) is 0.903. The van der Waals surface area contributed by atoms with Gasteiger partial charge in [0.25, 0.3) is 0 Å². The fourth-order valence-electron chi connectivity index (χ4n) is 3.43. The molecule has 0 spiro atoms. The molecule has 0 amide bonds. The summed E-state index contributed by atoms with van der Waals surface area (Å²) in [7, 11) is 0. The van der Waals surface area contributed by atoms with Gasteiger partial charge in [-0.15, -0.1) is 0 Å². The van der Waals surface area contributed by atoms with Crippen LogP contribution in [0.1, 0.15) is 38.5 Å². The number of hydrogen-bond donors (Lipinski definition) is 1. The third kappa shape index (κ3) is 1.12. The molecule has 1 fully saturated rings. The average Bonchev–Trinajstić information content (AvgIpc) is 2.79. The first-order chi connectivity index (χ1) is 6.79. The van der Waals surface area contributed by atoms with E-state index in [2.05, 4.69) is 18.2 Å². The number of rotatable bonds is 1. The van der Waals surface area contributed by atoms with E-state index in [1.165, 1.54) is 31.3 Å². The summed E-state index contributed by atoms with van der Waals surface area (Å²) >= 11 is 0. The Morgan fingerprint density at radius 2 is 2.21 bits per heavy atom. The molecule has 3 atom stereocenters. The zero-order valence-electron chi connectivity index (χ0n) is 8.58. The topological polar surface area (TPSA) is 20.2 Å². The summed E-state index contributed by atoms with van der Waals surface area (Å²) in [6.07, 6.45) is 13.9. The van der Waals surface area contributed by atoms with Gasteiger partial charge in [-0.05, 0) is 50.0 Å². The molecule has 3 aliphatic rings. The van der Waals surface area contributed by atoms with Crippen LogP contribution in [-0.4, -0.2) is 10.7 Å². The van der Waals surface area contributed by atoms with Crippen molar-refractivity contribution < 1.29 is 5.11 Å². The van der Waals surface area contributed by atoms with Gasteiger partial charge in [0.2, 0.25) is 0 Å². The maximum atomic E-state index is 10.7. The third-order valence-corrected chi connectivity index (χ3v) is 4.21. The third-order valence-electron chi connectivity index (χ3n) is 4.21. The second-order valence-corrected chi connectivity index (χ2v) is 5.09. The molecule has 0 aromatic carbocycles. The van der Waals surface area contributed by atoms with Crippen molar-refractivity contribution in [3.8, 4) is 0 Å². The van der Waals surface area contributed by atoms with E-state index < -0.39 is 5.60 Å². The zero-order valence-corrected chi connectivity index (χ0v) is 8.58. The quantitative estimate of drug-likeness (QED) is 0.630. The Labute approximate surface area is 85.5 Å². The van der Waals surface area contributed by atoms with Gasteiger partial charge in [0.1, 0.15) is 0 Å². The standard InChI is InChI=1S/C13H18O/c14-13(11-4-2-1-3-5-11)9-10-6-7-12(13)8-10/h4,6-7,10,12,14H,1-3,5,8-9H2. The van der Waals surface area contributed by atoms with Crippen LogP contribution in [0, 0.1) is 11.8 Å². The molecule has 0 radical (unpaired) electrons. The molecule has 3 unspecified atom stereocenters. The van der Waals surface area contributed by atoms with Gasteiger partial charge < -0.3 is 5.11 Å². The van der Waals surface area contributed by atoms with E-state index >= 15 is 0 Å². The molecule has 2 bridgehead atoms. The monoisotopic (exact) mass is 190 g/mol. The van der Waals surface area contributed by atoms with Crippen LogP contribution >= 0.6 is 0 Å². The lowest BCUT2D eigenvalue weighted by molar-refractivity contribution is 0.0473. The molecule has 1 heteroatoms. The molecule has 14 heavy (non-hydrogen) atoms. The van der Waals surface area contributed by atoms with Crippen LogP contribution in [-0.2, 0) is 0 Å². The van der Waals surface area contributed by atoms with Crippen molar-refractivity contribution in [1.82, 2.24) is 0 Å². The first-order valence-corrected chi connectivity index (χ1v) is 5.89. The highest BCUT2D eigenvalue weighted by atomic mass is 16.3. The number of aliphatic hydroxyl groups is 1. The molecule has 1 N–H and O–H groups in total. The van der Waals surface area contributed by atoms with E-state index in [1.54, 1.807) is 0 Å². The van der Waals surface area contributed by atoms with Crippen LogP contribution in [0.25, 0.3) is 0 Å². The molecular formula is C13H18O. The molecule has 1 nitrogen and oxygen atoms in total. The Balaban J connectivity index is 1.90. The Morgan fingerprint density at radius 1 is 1.29 bits per heavy atom. The largest absolute Gasteiger partial charge is 0.385 e. The van der Waals surface area contributed by atoms with Crippen molar-refractivity contribution in [3.05, 3.63) is 23.8 Å². The van der Waals surface area contributed by atoms with E-state index in [0.717, 1.165) is 12.8 Å². The van der Waals surface area contributed by atoms with Gasteiger partial charge in [-0.25, -0.2) is 0 Å². The Hall–Kier alpha value is -0.560.